The predicted octanol–water partition coefficient (Wildman–Crippen LogP) is 4.71. The van der Waals surface area contributed by atoms with E-state index in [1.165, 1.54) is 17.0 Å². The Morgan fingerprint density at radius 2 is 1.66 bits per heavy atom. The highest BCUT2D eigenvalue weighted by molar-refractivity contribution is 7.92. The van der Waals surface area contributed by atoms with E-state index in [4.69, 9.17) is 11.6 Å². The molecule has 7 heteroatoms. The molecule has 0 N–H and O–H groups in total. The second kappa shape index (κ2) is 9.18. The molecule has 156 valence electrons. The molecule has 1 aliphatic rings. The molecule has 0 aliphatic heterocycles. The number of hydrogen-bond acceptors (Lipinski definition) is 3. The van der Waals surface area contributed by atoms with Crippen molar-refractivity contribution >= 4 is 33.2 Å². The molecule has 5 nitrogen and oxygen atoms in total. The minimum absolute atomic E-state index is 0.0274. The van der Waals surface area contributed by atoms with Gasteiger partial charge in [-0.3, -0.25) is 9.10 Å². The Labute approximate surface area is 178 Å². The molecule has 2 aromatic rings. The standard InChI is InChI=1S/C22H27ClN2O3S/c1-24(19-9-4-3-5-10-19)22(26)17-12-14-20(15-13-17)25(29(2,27)28)16-18-8-6-7-11-21(18)23/h6-8,11-15,19H,3-5,9-10,16H2,1-2H3. The number of anilines is 1. The van der Waals surface area contributed by atoms with Gasteiger partial charge < -0.3 is 4.90 Å². The van der Waals surface area contributed by atoms with Gasteiger partial charge in [0, 0.05) is 23.7 Å². The molecule has 3 rings (SSSR count). The molecular weight excluding hydrogens is 408 g/mol. The summed E-state index contributed by atoms with van der Waals surface area (Å²) in [7, 11) is -1.67. The maximum atomic E-state index is 12.8. The summed E-state index contributed by atoms with van der Waals surface area (Å²) in [4.78, 5) is 14.7. The van der Waals surface area contributed by atoms with Gasteiger partial charge in [0.25, 0.3) is 5.91 Å². The Morgan fingerprint density at radius 1 is 1.03 bits per heavy atom. The Kier molecular flexibility index (Phi) is 6.85. The van der Waals surface area contributed by atoms with Crippen molar-refractivity contribution < 1.29 is 13.2 Å². The molecule has 0 heterocycles. The highest BCUT2D eigenvalue weighted by Gasteiger charge is 2.24. The highest BCUT2D eigenvalue weighted by atomic mass is 35.5. The first kappa shape index (κ1) is 21.7. The lowest BCUT2D eigenvalue weighted by Gasteiger charge is -2.31. The molecule has 0 unspecified atom stereocenters. The van der Waals surface area contributed by atoms with E-state index in [0.717, 1.165) is 31.2 Å². The van der Waals surface area contributed by atoms with Gasteiger partial charge in [0.1, 0.15) is 0 Å². The van der Waals surface area contributed by atoms with Gasteiger partial charge in [-0.15, -0.1) is 0 Å². The van der Waals surface area contributed by atoms with Gasteiger partial charge in [0.15, 0.2) is 0 Å². The fraction of sp³-hybridized carbons (Fsp3) is 0.409. The topological polar surface area (TPSA) is 57.7 Å². The van der Waals surface area contributed by atoms with Gasteiger partial charge >= 0.3 is 0 Å². The number of hydrogen-bond donors (Lipinski definition) is 0. The summed E-state index contributed by atoms with van der Waals surface area (Å²) in [5, 5.41) is 0.516. The van der Waals surface area contributed by atoms with Crippen molar-refractivity contribution in [2.45, 2.75) is 44.7 Å². The number of nitrogens with zero attached hydrogens (tertiary/aromatic N) is 2. The molecule has 1 aliphatic carbocycles. The van der Waals surface area contributed by atoms with E-state index in [2.05, 4.69) is 0 Å². The van der Waals surface area contributed by atoms with Gasteiger partial charge in [-0.25, -0.2) is 8.42 Å². The smallest absolute Gasteiger partial charge is 0.253 e. The monoisotopic (exact) mass is 434 g/mol. The molecule has 0 bridgehead atoms. The number of sulfonamides is 1. The molecule has 0 saturated heterocycles. The summed E-state index contributed by atoms with van der Waals surface area (Å²) in [5.74, 6) is -0.0274. The van der Waals surface area contributed by atoms with Crippen molar-refractivity contribution in [3.05, 3.63) is 64.7 Å². The Balaban J connectivity index is 1.80. The minimum Gasteiger partial charge on any atom is -0.339 e. The van der Waals surface area contributed by atoms with Crippen molar-refractivity contribution in [1.82, 2.24) is 4.90 Å². The Hall–Kier alpha value is -2.05. The third-order valence-electron chi connectivity index (χ3n) is 5.52. The van der Waals surface area contributed by atoms with Crippen LogP contribution in [-0.2, 0) is 16.6 Å². The lowest BCUT2D eigenvalue weighted by molar-refractivity contribution is 0.0696. The molecule has 1 fully saturated rings. The van der Waals surface area contributed by atoms with Crippen LogP contribution in [0.25, 0.3) is 0 Å². The third-order valence-corrected chi connectivity index (χ3v) is 7.03. The zero-order valence-corrected chi connectivity index (χ0v) is 18.4. The van der Waals surface area contributed by atoms with Crippen LogP contribution >= 0.6 is 11.6 Å². The largest absolute Gasteiger partial charge is 0.339 e. The zero-order chi connectivity index (χ0) is 21.0. The van der Waals surface area contributed by atoms with E-state index in [-0.39, 0.29) is 18.5 Å². The molecule has 29 heavy (non-hydrogen) atoms. The summed E-state index contributed by atoms with van der Waals surface area (Å²) < 4.78 is 26.1. The van der Waals surface area contributed by atoms with Crippen LogP contribution in [0, 0.1) is 0 Å². The average Bonchev–Trinajstić information content (AvgIpc) is 2.72. The van der Waals surface area contributed by atoms with Gasteiger partial charge in [-0.05, 0) is 48.7 Å². The van der Waals surface area contributed by atoms with E-state index < -0.39 is 10.0 Å². The first-order chi connectivity index (χ1) is 13.8. The summed E-state index contributed by atoms with van der Waals surface area (Å²) in [6.45, 7) is 0.133. The number of rotatable bonds is 6. The molecule has 0 aromatic heterocycles. The molecule has 1 amide bonds. The summed E-state index contributed by atoms with van der Waals surface area (Å²) >= 11 is 6.21. The quantitative estimate of drug-likeness (QED) is 0.661. The van der Waals surface area contributed by atoms with E-state index in [1.54, 1.807) is 42.5 Å². The van der Waals surface area contributed by atoms with Crippen LogP contribution in [0.2, 0.25) is 5.02 Å². The van der Waals surface area contributed by atoms with Gasteiger partial charge in [-0.2, -0.15) is 0 Å². The number of benzene rings is 2. The highest BCUT2D eigenvalue weighted by Crippen LogP contribution is 2.26. The lowest BCUT2D eigenvalue weighted by Crippen LogP contribution is -2.38. The van der Waals surface area contributed by atoms with Crippen molar-refractivity contribution in [3.8, 4) is 0 Å². The zero-order valence-electron chi connectivity index (χ0n) is 16.8. The van der Waals surface area contributed by atoms with Crippen LogP contribution in [-0.4, -0.2) is 38.6 Å². The number of carbonyl (C=O) groups excluding carboxylic acids is 1. The van der Waals surface area contributed by atoms with Crippen LogP contribution in [0.5, 0.6) is 0 Å². The van der Waals surface area contributed by atoms with Gasteiger partial charge in [0.05, 0.1) is 18.5 Å². The fourth-order valence-corrected chi connectivity index (χ4v) is 4.86. The van der Waals surface area contributed by atoms with Crippen molar-refractivity contribution in [2.24, 2.45) is 0 Å². The van der Waals surface area contributed by atoms with Crippen LogP contribution in [0.1, 0.15) is 48.0 Å². The number of carbonyl (C=O) groups is 1. The Bertz CT molecular complexity index is 954. The van der Waals surface area contributed by atoms with Gasteiger partial charge in [-0.1, -0.05) is 49.1 Å². The normalized spacial score (nSPS) is 15.1. The van der Waals surface area contributed by atoms with E-state index in [0.29, 0.717) is 16.3 Å². The maximum absolute atomic E-state index is 12.8. The van der Waals surface area contributed by atoms with E-state index in [1.807, 2.05) is 18.0 Å². The minimum atomic E-state index is -3.52. The van der Waals surface area contributed by atoms with Crippen molar-refractivity contribution in [3.63, 3.8) is 0 Å². The lowest BCUT2D eigenvalue weighted by atomic mass is 9.94. The average molecular weight is 435 g/mol. The summed E-state index contributed by atoms with van der Waals surface area (Å²) in [6.07, 6.45) is 6.80. The van der Waals surface area contributed by atoms with Crippen molar-refractivity contribution in [1.29, 1.82) is 0 Å². The molecule has 0 spiro atoms. The molecular formula is C22H27ClN2O3S. The van der Waals surface area contributed by atoms with Crippen LogP contribution in [0.4, 0.5) is 5.69 Å². The first-order valence-electron chi connectivity index (χ1n) is 9.85. The fourth-order valence-electron chi connectivity index (χ4n) is 3.79. The van der Waals surface area contributed by atoms with Crippen LogP contribution in [0.3, 0.4) is 0 Å². The second-order valence-corrected chi connectivity index (χ2v) is 9.93. The predicted molar refractivity (Wildman–Crippen MR) is 118 cm³/mol. The Morgan fingerprint density at radius 3 is 2.24 bits per heavy atom. The third kappa shape index (κ3) is 5.31. The second-order valence-electron chi connectivity index (χ2n) is 7.62. The van der Waals surface area contributed by atoms with Crippen molar-refractivity contribution in [2.75, 3.05) is 17.6 Å². The molecule has 2 aromatic carbocycles. The molecule has 0 atom stereocenters. The van der Waals surface area contributed by atoms with E-state index >= 15 is 0 Å². The summed E-state index contributed by atoms with van der Waals surface area (Å²) in [6, 6.07) is 14.2. The maximum Gasteiger partial charge on any atom is 0.253 e. The SMILES string of the molecule is CN(C(=O)c1ccc(N(Cc2ccccc2Cl)S(C)(=O)=O)cc1)C1CCCCC1. The number of halogens is 1. The number of amides is 1. The molecule has 1 saturated carbocycles. The first-order valence-corrected chi connectivity index (χ1v) is 12.1. The molecule has 0 radical (unpaired) electrons. The van der Waals surface area contributed by atoms with E-state index in [9.17, 15) is 13.2 Å². The van der Waals surface area contributed by atoms with Gasteiger partial charge in [0.2, 0.25) is 10.0 Å². The summed E-state index contributed by atoms with van der Waals surface area (Å²) in [5.41, 5.74) is 1.79. The van der Waals surface area contributed by atoms with Crippen LogP contribution < -0.4 is 4.31 Å². The van der Waals surface area contributed by atoms with Crippen LogP contribution in [0.15, 0.2) is 48.5 Å².